The number of aromatic nitrogens is 3. The first-order valence-electron chi connectivity index (χ1n) is 8.94. The molecule has 1 N–H and O–H groups in total. The summed E-state index contributed by atoms with van der Waals surface area (Å²) in [5.41, 5.74) is 2.65. The van der Waals surface area contributed by atoms with Crippen LogP contribution in [0.1, 0.15) is 28.0 Å². The summed E-state index contributed by atoms with van der Waals surface area (Å²) in [6.45, 7) is 0. The van der Waals surface area contributed by atoms with E-state index >= 15 is 0 Å². The van der Waals surface area contributed by atoms with E-state index in [1.165, 1.54) is 33.1 Å². The van der Waals surface area contributed by atoms with E-state index in [0.717, 1.165) is 24.3 Å². The monoisotopic (exact) mass is 371 g/mol. The van der Waals surface area contributed by atoms with Gasteiger partial charge < -0.3 is 5.11 Å². The Bertz CT molecular complexity index is 1280. The molecule has 0 bridgehead atoms. The minimum atomic E-state index is -1.12. The Hall–Kier alpha value is -3.67. The predicted octanol–water partition coefficient (Wildman–Crippen LogP) is 1.18. The highest BCUT2D eigenvalue weighted by molar-refractivity contribution is 6.07. The zero-order valence-electron chi connectivity index (χ0n) is 15.0. The number of nitrogens with zero attached hydrogens (tertiary/aromatic N) is 3. The summed E-state index contributed by atoms with van der Waals surface area (Å²) in [5, 5.41) is 19.9. The average molecular weight is 371 g/mol. The molecule has 0 unspecified atom stereocenters. The second-order valence-electron chi connectivity index (χ2n) is 6.57. The van der Waals surface area contributed by atoms with Gasteiger partial charge in [0.05, 0.1) is 6.20 Å². The van der Waals surface area contributed by atoms with Crippen molar-refractivity contribution in [3.63, 3.8) is 0 Å². The molecular formula is C22H17N3O3. The van der Waals surface area contributed by atoms with Gasteiger partial charge in [-0.05, 0) is 50.9 Å². The fourth-order valence-electron chi connectivity index (χ4n) is 3.60. The smallest absolute Gasteiger partial charge is 0.358 e. The van der Waals surface area contributed by atoms with Crippen molar-refractivity contribution >= 4 is 23.9 Å². The Balaban J connectivity index is 0.000000181. The lowest BCUT2D eigenvalue weighted by Crippen LogP contribution is -2.22. The first kappa shape index (κ1) is 17.7. The molecule has 2 aliphatic rings. The lowest BCUT2D eigenvalue weighted by atomic mass is 9.88. The van der Waals surface area contributed by atoms with E-state index in [9.17, 15) is 9.59 Å². The topological polar surface area (TPSA) is 93.0 Å². The SMILES string of the molecule is O=C(O)c1cncnn1.O=C1C=c2ccc3c(c2CC1)CC=c1ccccc1=3. The van der Waals surface area contributed by atoms with E-state index in [-0.39, 0.29) is 11.5 Å². The van der Waals surface area contributed by atoms with Gasteiger partial charge >= 0.3 is 5.97 Å². The fraction of sp³-hybridized carbons (Fsp3) is 0.136. The number of carbonyl (C=O) groups is 2. The van der Waals surface area contributed by atoms with Crippen LogP contribution >= 0.6 is 0 Å². The van der Waals surface area contributed by atoms with E-state index in [0.29, 0.717) is 6.42 Å². The van der Waals surface area contributed by atoms with Crippen molar-refractivity contribution in [2.75, 3.05) is 0 Å². The molecule has 0 radical (unpaired) electrons. The Morgan fingerprint density at radius 1 is 0.964 bits per heavy atom. The number of carboxylic acids is 1. The minimum absolute atomic E-state index is 0.141. The van der Waals surface area contributed by atoms with Crippen molar-refractivity contribution in [1.82, 2.24) is 15.2 Å². The summed E-state index contributed by atoms with van der Waals surface area (Å²) < 4.78 is 0. The number of Topliss-reactive ketones (excluding diaryl/α,β-unsaturated/α-hetero) is 1. The molecule has 2 aliphatic carbocycles. The summed E-state index contributed by atoms with van der Waals surface area (Å²) in [6, 6.07) is 12.8. The second-order valence-corrected chi connectivity index (χ2v) is 6.57. The predicted molar refractivity (Wildman–Crippen MR) is 103 cm³/mol. The van der Waals surface area contributed by atoms with Gasteiger partial charge in [-0.1, -0.05) is 42.5 Å². The van der Waals surface area contributed by atoms with Gasteiger partial charge in [0.15, 0.2) is 11.5 Å². The summed E-state index contributed by atoms with van der Waals surface area (Å²) in [7, 11) is 0. The fourth-order valence-corrected chi connectivity index (χ4v) is 3.60. The maximum Gasteiger partial charge on any atom is 0.358 e. The highest BCUT2D eigenvalue weighted by atomic mass is 16.4. The standard InChI is InChI=1S/C18H14O.C4H3N3O2/c19-14-7-10-16-13(11-14)6-9-17-15-4-2-1-3-12(15)5-8-18(16)17;8-4(9)3-1-5-2-6-7-3/h1-6,9,11H,7-8,10H2;1-2H,(H,8,9). The van der Waals surface area contributed by atoms with E-state index < -0.39 is 5.97 Å². The summed E-state index contributed by atoms with van der Waals surface area (Å²) >= 11 is 0. The molecule has 0 aliphatic heterocycles. The molecule has 1 heterocycles. The van der Waals surface area contributed by atoms with Crippen LogP contribution in [0.15, 0.2) is 48.9 Å². The molecule has 1 aromatic heterocycles. The van der Waals surface area contributed by atoms with Crippen molar-refractivity contribution in [2.45, 2.75) is 19.3 Å². The summed E-state index contributed by atoms with van der Waals surface area (Å²) in [4.78, 5) is 25.0. The van der Waals surface area contributed by atoms with Gasteiger partial charge in [-0.25, -0.2) is 9.78 Å². The van der Waals surface area contributed by atoms with Gasteiger partial charge in [-0.15, -0.1) is 10.2 Å². The third kappa shape index (κ3) is 3.44. The van der Waals surface area contributed by atoms with Gasteiger partial charge in [-0.2, -0.15) is 0 Å². The van der Waals surface area contributed by atoms with Crippen molar-refractivity contribution in [2.24, 2.45) is 0 Å². The third-order valence-corrected chi connectivity index (χ3v) is 4.88. The quantitative estimate of drug-likeness (QED) is 0.690. The van der Waals surface area contributed by atoms with E-state index in [1.807, 2.05) is 0 Å². The third-order valence-electron chi connectivity index (χ3n) is 4.88. The van der Waals surface area contributed by atoms with Crippen LogP contribution in [0.5, 0.6) is 0 Å². The number of ketones is 1. The van der Waals surface area contributed by atoms with Gasteiger partial charge in [0.25, 0.3) is 0 Å². The second kappa shape index (κ2) is 7.52. The zero-order chi connectivity index (χ0) is 19.5. The Morgan fingerprint density at radius 2 is 1.82 bits per heavy atom. The first-order chi connectivity index (χ1) is 13.6. The lowest BCUT2D eigenvalue weighted by Gasteiger charge is -2.15. The van der Waals surface area contributed by atoms with Crippen LogP contribution in [0.4, 0.5) is 0 Å². The van der Waals surface area contributed by atoms with Crippen molar-refractivity contribution in [3.8, 4) is 0 Å². The van der Waals surface area contributed by atoms with E-state index in [2.05, 4.69) is 57.7 Å². The van der Waals surface area contributed by atoms with Gasteiger partial charge in [0, 0.05) is 6.42 Å². The largest absolute Gasteiger partial charge is 0.476 e. The maximum atomic E-state index is 11.5. The number of carbonyl (C=O) groups excluding carboxylic acids is 1. The molecule has 0 spiro atoms. The maximum absolute atomic E-state index is 11.5. The highest BCUT2D eigenvalue weighted by Gasteiger charge is 2.14. The molecule has 0 saturated heterocycles. The van der Waals surface area contributed by atoms with Crippen molar-refractivity contribution in [1.29, 1.82) is 0 Å². The van der Waals surface area contributed by atoms with Gasteiger partial charge in [0.2, 0.25) is 0 Å². The molecule has 6 heteroatoms. The molecule has 3 aromatic rings. The molecule has 0 saturated carbocycles. The van der Waals surface area contributed by atoms with Crippen LogP contribution in [0.25, 0.3) is 12.2 Å². The number of fused-ring (bicyclic) bond motifs is 4. The molecule has 5 rings (SSSR count). The molecule has 0 fully saturated rings. The normalized spacial score (nSPS) is 13.5. The number of carboxylic acid groups (broad SMARTS) is 1. The molecule has 2 aromatic carbocycles. The van der Waals surface area contributed by atoms with Gasteiger partial charge in [0.1, 0.15) is 6.33 Å². The Kier molecular flexibility index (Phi) is 4.76. The van der Waals surface area contributed by atoms with Crippen molar-refractivity contribution in [3.05, 3.63) is 86.6 Å². The number of hydrogen-bond donors (Lipinski definition) is 1. The molecule has 0 amide bonds. The van der Waals surface area contributed by atoms with Crippen LogP contribution in [0, 0.1) is 10.4 Å². The van der Waals surface area contributed by atoms with E-state index in [1.54, 1.807) is 6.08 Å². The highest BCUT2D eigenvalue weighted by Crippen LogP contribution is 2.16. The lowest BCUT2D eigenvalue weighted by molar-refractivity contribution is -0.113. The molecule has 6 nitrogen and oxygen atoms in total. The van der Waals surface area contributed by atoms with Crippen LogP contribution in [-0.4, -0.2) is 32.0 Å². The number of benzene rings is 2. The summed E-state index contributed by atoms with van der Waals surface area (Å²) in [6.07, 6.45) is 8.95. The number of hydrogen-bond acceptors (Lipinski definition) is 5. The number of rotatable bonds is 1. The van der Waals surface area contributed by atoms with Gasteiger partial charge in [-0.3, -0.25) is 4.79 Å². The summed E-state index contributed by atoms with van der Waals surface area (Å²) in [5.74, 6) is -0.858. The molecule has 28 heavy (non-hydrogen) atoms. The minimum Gasteiger partial charge on any atom is -0.476 e. The van der Waals surface area contributed by atoms with Crippen LogP contribution < -0.4 is 10.4 Å². The number of aromatic carboxylic acids is 1. The molecule has 0 atom stereocenters. The Labute approximate surface area is 160 Å². The van der Waals surface area contributed by atoms with Crippen LogP contribution in [0.3, 0.4) is 0 Å². The van der Waals surface area contributed by atoms with Crippen LogP contribution in [-0.2, 0) is 17.6 Å². The van der Waals surface area contributed by atoms with Crippen molar-refractivity contribution < 1.29 is 14.7 Å². The average Bonchev–Trinajstić information content (AvgIpc) is 2.74. The van der Waals surface area contributed by atoms with Crippen LogP contribution in [0.2, 0.25) is 0 Å². The Morgan fingerprint density at radius 3 is 2.57 bits per heavy atom. The zero-order valence-corrected chi connectivity index (χ0v) is 15.0. The van der Waals surface area contributed by atoms with E-state index in [4.69, 9.17) is 5.11 Å². The molecular weight excluding hydrogens is 354 g/mol. The first-order valence-corrected chi connectivity index (χ1v) is 8.94. The molecule has 138 valence electrons.